The molecule has 3 heteroatoms. The van der Waals surface area contributed by atoms with E-state index in [4.69, 9.17) is 4.74 Å². The first-order valence-corrected chi connectivity index (χ1v) is 7.09. The number of hydrogen-bond acceptors (Lipinski definition) is 3. The molecular formula is C18H21NO2. The highest BCUT2D eigenvalue weighted by Crippen LogP contribution is 2.13. The van der Waals surface area contributed by atoms with Gasteiger partial charge in [-0.2, -0.15) is 0 Å². The minimum Gasteiger partial charge on any atom is -0.508 e. The number of allylic oxidation sites excluding steroid dienone is 1. The lowest BCUT2D eigenvalue weighted by molar-refractivity contribution is 0.362. The van der Waals surface area contributed by atoms with Gasteiger partial charge in [-0.15, -0.1) is 0 Å². The van der Waals surface area contributed by atoms with Gasteiger partial charge in [-0.3, -0.25) is 0 Å². The van der Waals surface area contributed by atoms with Crippen LogP contribution in [0.4, 0.5) is 0 Å². The normalized spacial score (nSPS) is 10.9. The Morgan fingerprint density at radius 3 is 2.10 bits per heavy atom. The maximum absolute atomic E-state index is 9.23. The Balaban J connectivity index is 1.76. The number of aromatic hydroxyl groups is 1. The summed E-state index contributed by atoms with van der Waals surface area (Å²) in [5, 5.41) is 12.6. The number of rotatable bonds is 7. The van der Waals surface area contributed by atoms with Crippen molar-refractivity contribution in [3.05, 3.63) is 71.8 Å². The maximum atomic E-state index is 9.23. The second-order valence-corrected chi connectivity index (χ2v) is 4.79. The fourth-order valence-electron chi connectivity index (χ4n) is 1.91. The van der Waals surface area contributed by atoms with Gasteiger partial charge in [-0.1, -0.05) is 36.4 Å². The SMILES string of the molecule is C/C=C/COc1ccc(CNCc2ccc(O)cc2)cc1. The number of benzene rings is 2. The molecule has 0 aliphatic heterocycles. The average Bonchev–Trinajstić information content (AvgIpc) is 2.51. The molecule has 2 rings (SSSR count). The molecule has 0 bridgehead atoms. The van der Waals surface area contributed by atoms with Crippen molar-refractivity contribution in [1.29, 1.82) is 0 Å². The highest BCUT2D eigenvalue weighted by molar-refractivity contribution is 5.28. The zero-order chi connectivity index (χ0) is 14.9. The molecule has 0 amide bonds. The van der Waals surface area contributed by atoms with E-state index in [2.05, 4.69) is 17.4 Å². The summed E-state index contributed by atoms with van der Waals surface area (Å²) in [6.45, 7) is 4.16. The molecule has 0 aliphatic carbocycles. The molecule has 21 heavy (non-hydrogen) atoms. The van der Waals surface area contributed by atoms with Crippen LogP contribution in [-0.4, -0.2) is 11.7 Å². The van der Waals surface area contributed by atoms with Gasteiger partial charge in [0.2, 0.25) is 0 Å². The second kappa shape index (κ2) is 8.12. The van der Waals surface area contributed by atoms with Crippen molar-refractivity contribution in [2.75, 3.05) is 6.61 Å². The van der Waals surface area contributed by atoms with Gasteiger partial charge in [0.1, 0.15) is 18.1 Å². The standard InChI is InChI=1S/C18H21NO2/c1-2-3-12-21-18-10-6-16(7-11-18)14-19-13-15-4-8-17(20)9-5-15/h2-11,19-20H,12-14H2,1H3/b3-2+. The predicted octanol–water partition coefficient (Wildman–Crippen LogP) is 3.64. The third-order valence-corrected chi connectivity index (χ3v) is 3.10. The maximum Gasteiger partial charge on any atom is 0.119 e. The summed E-state index contributed by atoms with van der Waals surface area (Å²) < 4.78 is 5.56. The van der Waals surface area contributed by atoms with E-state index < -0.39 is 0 Å². The van der Waals surface area contributed by atoms with Crippen LogP contribution < -0.4 is 10.1 Å². The van der Waals surface area contributed by atoms with Gasteiger partial charge < -0.3 is 15.2 Å². The van der Waals surface area contributed by atoms with Gasteiger partial charge in [0.25, 0.3) is 0 Å². The number of ether oxygens (including phenoxy) is 1. The van der Waals surface area contributed by atoms with Crippen molar-refractivity contribution < 1.29 is 9.84 Å². The third-order valence-electron chi connectivity index (χ3n) is 3.10. The Bertz CT molecular complexity index is 559. The molecule has 0 atom stereocenters. The van der Waals surface area contributed by atoms with E-state index in [1.54, 1.807) is 12.1 Å². The van der Waals surface area contributed by atoms with Gasteiger partial charge in [0, 0.05) is 13.1 Å². The molecule has 0 unspecified atom stereocenters. The average molecular weight is 283 g/mol. The third kappa shape index (κ3) is 5.32. The zero-order valence-corrected chi connectivity index (χ0v) is 12.3. The van der Waals surface area contributed by atoms with E-state index in [9.17, 15) is 5.11 Å². The van der Waals surface area contributed by atoms with Crippen molar-refractivity contribution in [1.82, 2.24) is 5.32 Å². The first kappa shape index (κ1) is 15.1. The van der Waals surface area contributed by atoms with Crippen LogP contribution in [0.3, 0.4) is 0 Å². The van der Waals surface area contributed by atoms with Gasteiger partial charge in [0.15, 0.2) is 0 Å². The van der Waals surface area contributed by atoms with E-state index in [1.807, 2.05) is 43.3 Å². The van der Waals surface area contributed by atoms with Crippen molar-refractivity contribution in [2.45, 2.75) is 20.0 Å². The summed E-state index contributed by atoms with van der Waals surface area (Å²) in [5.41, 5.74) is 2.37. The van der Waals surface area contributed by atoms with Gasteiger partial charge in [0.05, 0.1) is 0 Å². The van der Waals surface area contributed by atoms with E-state index >= 15 is 0 Å². The largest absolute Gasteiger partial charge is 0.508 e. The van der Waals surface area contributed by atoms with Gasteiger partial charge >= 0.3 is 0 Å². The summed E-state index contributed by atoms with van der Waals surface area (Å²) >= 11 is 0. The fourth-order valence-corrected chi connectivity index (χ4v) is 1.91. The Morgan fingerprint density at radius 1 is 0.952 bits per heavy atom. The van der Waals surface area contributed by atoms with Crippen LogP contribution in [0.25, 0.3) is 0 Å². The molecule has 0 aliphatic rings. The van der Waals surface area contributed by atoms with Crippen LogP contribution >= 0.6 is 0 Å². The number of phenols is 1. The molecule has 2 aromatic carbocycles. The molecule has 3 nitrogen and oxygen atoms in total. The Hall–Kier alpha value is -2.26. The van der Waals surface area contributed by atoms with E-state index in [0.717, 1.165) is 24.4 Å². The van der Waals surface area contributed by atoms with Gasteiger partial charge in [-0.25, -0.2) is 0 Å². The van der Waals surface area contributed by atoms with Crippen LogP contribution in [0.5, 0.6) is 11.5 Å². The molecule has 0 saturated heterocycles. The summed E-state index contributed by atoms with van der Waals surface area (Å²) in [5.74, 6) is 1.18. The number of phenolic OH excluding ortho intramolecular Hbond substituents is 1. The van der Waals surface area contributed by atoms with Crippen molar-refractivity contribution in [2.24, 2.45) is 0 Å². The lowest BCUT2D eigenvalue weighted by Gasteiger charge is -2.07. The minimum absolute atomic E-state index is 0.298. The van der Waals surface area contributed by atoms with Crippen molar-refractivity contribution in [3.63, 3.8) is 0 Å². The molecule has 0 spiro atoms. The minimum atomic E-state index is 0.298. The first-order valence-electron chi connectivity index (χ1n) is 7.09. The number of hydrogen-bond donors (Lipinski definition) is 2. The lowest BCUT2D eigenvalue weighted by atomic mass is 10.2. The quantitative estimate of drug-likeness (QED) is 0.762. The van der Waals surface area contributed by atoms with Crippen LogP contribution in [0.2, 0.25) is 0 Å². The first-order chi connectivity index (χ1) is 10.3. The summed E-state index contributed by atoms with van der Waals surface area (Å²) in [6, 6.07) is 15.3. The van der Waals surface area contributed by atoms with Crippen LogP contribution in [-0.2, 0) is 13.1 Å². The summed E-state index contributed by atoms with van der Waals surface area (Å²) in [4.78, 5) is 0. The Labute approximate surface area is 125 Å². The van der Waals surface area contributed by atoms with Crippen molar-refractivity contribution in [3.8, 4) is 11.5 Å². The van der Waals surface area contributed by atoms with Gasteiger partial charge in [-0.05, 0) is 42.3 Å². The molecule has 0 aromatic heterocycles. The summed E-state index contributed by atoms with van der Waals surface area (Å²) in [7, 11) is 0. The molecule has 110 valence electrons. The Morgan fingerprint density at radius 2 is 1.52 bits per heavy atom. The van der Waals surface area contributed by atoms with Crippen LogP contribution in [0.1, 0.15) is 18.1 Å². The molecule has 2 aromatic rings. The lowest BCUT2D eigenvalue weighted by Crippen LogP contribution is -2.12. The van der Waals surface area contributed by atoms with Crippen molar-refractivity contribution >= 4 is 0 Å². The van der Waals surface area contributed by atoms with E-state index in [0.29, 0.717) is 12.4 Å². The van der Waals surface area contributed by atoms with E-state index in [1.165, 1.54) is 5.56 Å². The monoisotopic (exact) mass is 283 g/mol. The fraction of sp³-hybridized carbons (Fsp3) is 0.222. The summed E-state index contributed by atoms with van der Waals surface area (Å²) in [6.07, 6.45) is 3.95. The van der Waals surface area contributed by atoms with E-state index in [-0.39, 0.29) is 0 Å². The highest BCUT2D eigenvalue weighted by atomic mass is 16.5. The van der Waals surface area contributed by atoms with Crippen LogP contribution in [0, 0.1) is 0 Å². The predicted molar refractivity (Wildman–Crippen MR) is 85.4 cm³/mol. The topological polar surface area (TPSA) is 41.5 Å². The molecular weight excluding hydrogens is 262 g/mol. The highest BCUT2D eigenvalue weighted by Gasteiger charge is 1.97. The molecule has 0 saturated carbocycles. The molecule has 0 radical (unpaired) electrons. The zero-order valence-electron chi connectivity index (χ0n) is 12.3. The molecule has 0 heterocycles. The molecule has 0 fully saturated rings. The van der Waals surface area contributed by atoms with Crippen LogP contribution in [0.15, 0.2) is 60.7 Å². The molecule has 2 N–H and O–H groups in total. The second-order valence-electron chi connectivity index (χ2n) is 4.79. The Kier molecular flexibility index (Phi) is 5.85. The number of nitrogens with one attached hydrogen (secondary N) is 1. The smallest absolute Gasteiger partial charge is 0.119 e.